The first-order chi connectivity index (χ1) is 23.6. The van der Waals surface area contributed by atoms with Gasteiger partial charge in [0.1, 0.15) is 5.69 Å². The van der Waals surface area contributed by atoms with Crippen LogP contribution in [0, 0.1) is 5.92 Å². The van der Waals surface area contributed by atoms with Crippen molar-refractivity contribution in [3.8, 4) is 33.7 Å². The lowest BCUT2D eigenvalue weighted by Crippen LogP contribution is -2.38. The Balaban J connectivity index is 1.17. The van der Waals surface area contributed by atoms with E-state index in [-0.39, 0.29) is 24.7 Å². The molecule has 6 nitrogen and oxygen atoms in total. The first kappa shape index (κ1) is 32.1. The zero-order valence-corrected chi connectivity index (χ0v) is 27.6. The van der Waals surface area contributed by atoms with Crippen LogP contribution in [0.2, 0.25) is 0 Å². The van der Waals surface area contributed by atoms with Crippen LogP contribution in [0.4, 0.5) is 0 Å². The Kier molecular flexibility index (Phi) is 9.84. The number of aliphatic hydroxyl groups excluding tert-OH is 1. The van der Waals surface area contributed by atoms with Gasteiger partial charge in [-0.25, -0.2) is 4.98 Å². The summed E-state index contributed by atoms with van der Waals surface area (Å²) < 4.78 is 19.9. The van der Waals surface area contributed by atoms with E-state index in [0.717, 1.165) is 56.0 Å². The SMILES string of the molecule is CC1C(CSc2nc(-c3ccccc3)c(-c3ccccc3)o2)OC(c2ccc(-c3ccccc3CN)cc2)OC1c1ccc(CO)cc1. The fourth-order valence-corrected chi connectivity index (χ4v) is 7.19. The first-order valence-electron chi connectivity index (χ1n) is 16.2. The van der Waals surface area contributed by atoms with Gasteiger partial charge in [-0.15, -0.1) is 0 Å². The molecule has 3 N–H and O–H groups in total. The predicted octanol–water partition coefficient (Wildman–Crippen LogP) is 9.21. The number of hydrogen-bond acceptors (Lipinski definition) is 7. The zero-order valence-electron chi connectivity index (χ0n) is 26.7. The fraction of sp³-hybridized carbons (Fsp3) is 0.195. The largest absolute Gasteiger partial charge is 0.431 e. The number of nitrogens with two attached hydrogens (primary N) is 1. The number of nitrogens with zero attached hydrogens (tertiary/aromatic N) is 1. The van der Waals surface area contributed by atoms with Crippen molar-refractivity contribution < 1.29 is 19.0 Å². The van der Waals surface area contributed by atoms with E-state index in [2.05, 4.69) is 55.5 Å². The summed E-state index contributed by atoms with van der Waals surface area (Å²) in [4.78, 5) is 4.97. The minimum atomic E-state index is -0.572. The van der Waals surface area contributed by atoms with E-state index in [4.69, 9.17) is 24.6 Å². The van der Waals surface area contributed by atoms with Crippen LogP contribution in [0.15, 0.2) is 143 Å². The Bertz CT molecular complexity index is 1870. The summed E-state index contributed by atoms with van der Waals surface area (Å²) in [7, 11) is 0. The van der Waals surface area contributed by atoms with Crippen LogP contribution in [-0.2, 0) is 22.6 Å². The van der Waals surface area contributed by atoms with Crippen molar-refractivity contribution in [1.82, 2.24) is 4.98 Å². The van der Waals surface area contributed by atoms with Crippen molar-refractivity contribution in [1.29, 1.82) is 0 Å². The molecule has 6 aromatic rings. The molecule has 2 heterocycles. The number of aromatic nitrogens is 1. The van der Waals surface area contributed by atoms with Crippen LogP contribution in [0.5, 0.6) is 0 Å². The molecule has 7 rings (SSSR count). The third kappa shape index (κ3) is 6.88. The lowest BCUT2D eigenvalue weighted by atomic mass is 9.91. The van der Waals surface area contributed by atoms with Crippen LogP contribution >= 0.6 is 11.8 Å². The van der Waals surface area contributed by atoms with Crippen molar-refractivity contribution in [3.05, 3.63) is 156 Å². The number of oxazole rings is 1. The molecule has 4 atom stereocenters. The number of ether oxygens (including phenoxy) is 2. The van der Waals surface area contributed by atoms with Gasteiger partial charge in [0.2, 0.25) is 0 Å². The second kappa shape index (κ2) is 14.7. The normalized spacial score (nSPS) is 19.3. The average molecular weight is 655 g/mol. The molecule has 0 spiro atoms. The summed E-state index contributed by atoms with van der Waals surface area (Å²) >= 11 is 1.56. The molecule has 7 heteroatoms. The Morgan fingerprint density at radius 3 is 2.04 bits per heavy atom. The molecule has 1 fully saturated rings. The molecule has 1 saturated heterocycles. The maximum atomic E-state index is 9.63. The predicted molar refractivity (Wildman–Crippen MR) is 191 cm³/mol. The molecule has 242 valence electrons. The topological polar surface area (TPSA) is 90.7 Å². The van der Waals surface area contributed by atoms with Gasteiger partial charge in [-0.2, -0.15) is 0 Å². The molecule has 5 aromatic carbocycles. The second-order valence-corrected chi connectivity index (χ2v) is 13.0. The molecule has 0 bridgehead atoms. The summed E-state index contributed by atoms with van der Waals surface area (Å²) in [6.45, 7) is 2.64. The van der Waals surface area contributed by atoms with Gasteiger partial charge in [-0.3, -0.25) is 0 Å². The number of rotatable bonds is 10. The molecular weight excluding hydrogens is 617 g/mol. The van der Waals surface area contributed by atoms with Crippen molar-refractivity contribution >= 4 is 11.8 Å². The van der Waals surface area contributed by atoms with E-state index >= 15 is 0 Å². The quantitative estimate of drug-likeness (QED) is 0.142. The van der Waals surface area contributed by atoms with E-state index < -0.39 is 6.29 Å². The second-order valence-electron chi connectivity index (χ2n) is 12.0. The van der Waals surface area contributed by atoms with E-state index in [1.54, 1.807) is 11.8 Å². The van der Waals surface area contributed by atoms with Crippen molar-refractivity contribution in [2.24, 2.45) is 11.7 Å². The molecule has 1 aromatic heterocycles. The summed E-state index contributed by atoms with van der Waals surface area (Å²) in [6, 6.07) is 44.8. The van der Waals surface area contributed by atoms with Crippen LogP contribution in [0.3, 0.4) is 0 Å². The molecule has 1 aliphatic rings. The number of hydrogen-bond donors (Lipinski definition) is 2. The molecule has 0 radical (unpaired) electrons. The highest BCUT2D eigenvalue weighted by Gasteiger charge is 2.38. The van der Waals surface area contributed by atoms with Gasteiger partial charge in [0, 0.05) is 34.9 Å². The molecule has 4 unspecified atom stereocenters. The highest BCUT2D eigenvalue weighted by Crippen LogP contribution is 2.44. The van der Waals surface area contributed by atoms with Crippen LogP contribution in [-0.4, -0.2) is 21.9 Å². The smallest absolute Gasteiger partial charge is 0.256 e. The number of thioether (sulfide) groups is 1. The standard InChI is InChI=1S/C41H38N2O4S/c1-27-36(26-48-41-43-37(30-10-4-2-5-11-30)39(47-41)31-12-6-3-7-13-31)45-40(46-38(27)32-18-16-28(25-44)17-19-32)33-22-20-29(21-23-33)35-15-9-8-14-34(35)24-42/h2-23,27,36,38,40,44H,24-26,42H2,1H3. The van der Waals surface area contributed by atoms with Gasteiger partial charge in [0.05, 0.1) is 18.8 Å². The van der Waals surface area contributed by atoms with E-state index in [1.165, 1.54) is 0 Å². The average Bonchev–Trinajstić information content (AvgIpc) is 3.60. The third-order valence-electron chi connectivity index (χ3n) is 8.92. The maximum absolute atomic E-state index is 9.63. The summed E-state index contributed by atoms with van der Waals surface area (Å²) in [6.07, 6.45) is -0.956. The fourth-order valence-electron chi connectivity index (χ4n) is 6.20. The molecule has 48 heavy (non-hydrogen) atoms. The molecule has 1 aliphatic heterocycles. The third-order valence-corrected chi connectivity index (χ3v) is 9.83. The van der Waals surface area contributed by atoms with Crippen molar-refractivity contribution in [3.63, 3.8) is 0 Å². The number of benzene rings is 5. The summed E-state index contributed by atoms with van der Waals surface area (Å²) in [5, 5.41) is 10.2. The van der Waals surface area contributed by atoms with Crippen LogP contribution < -0.4 is 5.73 Å². The zero-order chi connectivity index (χ0) is 32.9. The molecule has 0 saturated carbocycles. The number of aliphatic hydroxyl groups is 1. The van der Waals surface area contributed by atoms with Gasteiger partial charge >= 0.3 is 0 Å². The minimum absolute atomic E-state index is 0.00191. The Labute approximate surface area is 285 Å². The van der Waals surface area contributed by atoms with Gasteiger partial charge in [0.25, 0.3) is 5.22 Å². The Morgan fingerprint density at radius 2 is 1.35 bits per heavy atom. The maximum Gasteiger partial charge on any atom is 0.256 e. The van der Waals surface area contributed by atoms with Gasteiger partial charge in [-0.1, -0.05) is 152 Å². The van der Waals surface area contributed by atoms with Crippen molar-refractivity contribution in [2.75, 3.05) is 5.75 Å². The monoisotopic (exact) mass is 654 g/mol. The molecular formula is C41H38N2O4S. The van der Waals surface area contributed by atoms with E-state index in [0.29, 0.717) is 17.5 Å². The van der Waals surface area contributed by atoms with Crippen LogP contribution in [0.1, 0.15) is 41.6 Å². The Morgan fingerprint density at radius 1 is 0.708 bits per heavy atom. The van der Waals surface area contributed by atoms with E-state index in [9.17, 15) is 5.11 Å². The molecule has 0 amide bonds. The van der Waals surface area contributed by atoms with Crippen LogP contribution in [0.25, 0.3) is 33.7 Å². The lowest BCUT2D eigenvalue weighted by molar-refractivity contribution is -0.268. The van der Waals surface area contributed by atoms with Gasteiger partial charge in [-0.05, 0) is 27.8 Å². The highest BCUT2D eigenvalue weighted by molar-refractivity contribution is 7.99. The van der Waals surface area contributed by atoms with Gasteiger partial charge in [0.15, 0.2) is 12.1 Å². The summed E-state index contributed by atoms with van der Waals surface area (Å²) in [5.41, 5.74) is 15.0. The summed E-state index contributed by atoms with van der Waals surface area (Å²) in [5.74, 6) is 1.40. The van der Waals surface area contributed by atoms with E-state index in [1.807, 2.05) is 84.9 Å². The first-order valence-corrected chi connectivity index (χ1v) is 17.2. The lowest BCUT2D eigenvalue weighted by Gasteiger charge is -2.41. The van der Waals surface area contributed by atoms with Gasteiger partial charge < -0.3 is 24.7 Å². The highest BCUT2D eigenvalue weighted by atomic mass is 32.2. The minimum Gasteiger partial charge on any atom is -0.431 e. The molecule has 0 aliphatic carbocycles. The van der Waals surface area contributed by atoms with Crippen molar-refractivity contribution in [2.45, 2.75) is 43.8 Å². The Hall–Kier alpha value is -4.50.